The molecule has 2 fully saturated rings. The smallest absolute Gasteiger partial charge is 0.331 e. The number of benzene rings is 1. The van der Waals surface area contributed by atoms with Gasteiger partial charge in [-0.2, -0.15) is 0 Å². The minimum Gasteiger partial charge on any atom is -0.459 e. The average Bonchev–Trinajstić information content (AvgIpc) is 3.15. The lowest BCUT2D eigenvalue weighted by molar-refractivity contribution is -0.212. The Morgan fingerprint density at radius 1 is 1.22 bits per heavy atom. The summed E-state index contributed by atoms with van der Waals surface area (Å²) < 4.78 is 23.1. The summed E-state index contributed by atoms with van der Waals surface area (Å²) in [6, 6.07) is 9.55. The number of ketones is 1. The lowest BCUT2D eigenvalue weighted by Crippen LogP contribution is -2.58. The Balaban J connectivity index is 1.69. The molecule has 0 amide bonds. The first-order valence-corrected chi connectivity index (χ1v) is 10.9. The maximum Gasteiger partial charge on any atom is 0.331 e. The number of esters is 1. The number of hydrogen-bond acceptors (Lipinski definition) is 6. The molecule has 4 rings (SSSR count). The molecule has 0 aromatic heterocycles. The molecule has 3 aliphatic rings. The lowest BCUT2D eigenvalue weighted by Gasteiger charge is -2.54. The Morgan fingerprint density at radius 2 is 1.94 bits per heavy atom. The molecule has 170 valence electrons. The highest BCUT2D eigenvalue weighted by atomic mass is 16.8. The fourth-order valence-corrected chi connectivity index (χ4v) is 5.57. The standard InChI is InChI=1S/C26H30O6/c1-15-13-20(31-21(28)12-11-17-9-7-6-8-10-17)26(3)22(16(15)2)19(27)14-18-23(26)25(30-5)32-24(18)29-4/h6-12,14-15,20,22-25H,2,13H2,1,3-5H3/b12-11+/t15-,20+,22+,23+,24-,25+,26-/m0/s1. The molecule has 0 bridgehead atoms. The third-order valence-corrected chi connectivity index (χ3v) is 7.23. The van der Waals surface area contributed by atoms with Gasteiger partial charge < -0.3 is 18.9 Å². The highest BCUT2D eigenvalue weighted by Gasteiger charge is 2.64. The van der Waals surface area contributed by atoms with Crippen LogP contribution in [0.3, 0.4) is 0 Å². The second-order valence-electron chi connectivity index (χ2n) is 9.01. The van der Waals surface area contributed by atoms with Crippen LogP contribution < -0.4 is 0 Å². The first-order valence-electron chi connectivity index (χ1n) is 10.9. The number of rotatable bonds is 5. The van der Waals surface area contributed by atoms with Gasteiger partial charge in [0.25, 0.3) is 0 Å². The van der Waals surface area contributed by atoms with E-state index in [1.165, 1.54) is 13.2 Å². The minimum absolute atomic E-state index is 0.0319. The molecule has 1 heterocycles. The number of methoxy groups -OCH3 is 2. The second-order valence-corrected chi connectivity index (χ2v) is 9.01. The average molecular weight is 439 g/mol. The number of carbonyl (C=O) groups is 2. The fourth-order valence-electron chi connectivity index (χ4n) is 5.57. The van der Waals surface area contributed by atoms with Crippen molar-refractivity contribution >= 4 is 17.8 Å². The second kappa shape index (κ2) is 8.77. The zero-order chi connectivity index (χ0) is 23.0. The van der Waals surface area contributed by atoms with Gasteiger partial charge in [-0.1, -0.05) is 56.3 Å². The van der Waals surface area contributed by atoms with Gasteiger partial charge in [-0.3, -0.25) is 4.79 Å². The molecule has 0 N–H and O–H groups in total. The van der Waals surface area contributed by atoms with Crippen molar-refractivity contribution in [2.45, 2.75) is 39.0 Å². The van der Waals surface area contributed by atoms with Crippen molar-refractivity contribution in [2.24, 2.45) is 23.2 Å². The topological polar surface area (TPSA) is 71.1 Å². The van der Waals surface area contributed by atoms with Crippen molar-refractivity contribution in [2.75, 3.05) is 14.2 Å². The molecule has 1 saturated carbocycles. The lowest BCUT2D eigenvalue weighted by atomic mass is 9.51. The predicted molar refractivity (Wildman–Crippen MR) is 119 cm³/mol. The summed E-state index contributed by atoms with van der Waals surface area (Å²) in [6.45, 7) is 8.25. The molecule has 1 aliphatic heterocycles. The normalized spacial score (nSPS) is 36.6. The first-order chi connectivity index (χ1) is 15.3. The van der Waals surface area contributed by atoms with Gasteiger partial charge in [-0.05, 0) is 35.6 Å². The third-order valence-electron chi connectivity index (χ3n) is 7.23. The number of fused-ring (bicyclic) bond motifs is 3. The highest BCUT2D eigenvalue weighted by Crippen LogP contribution is 2.60. The molecular weight excluding hydrogens is 408 g/mol. The van der Waals surface area contributed by atoms with Crippen molar-refractivity contribution in [3.05, 3.63) is 65.8 Å². The summed E-state index contributed by atoms with van der Waals surface area (Å²) in [4.78, 5) is 26.1. The maximum absolute atomic E-state index is 13.3. The molecule has 2 aliphatic carbocycles. The van der Waals surface area contributed by atoms with Crippen LogP contribution in [0.15, 0.2) is 60.2 Å². The number of hydrogen-bond donors (Lipinski definition) is 0. The number of carbonyl (C=O) groups excluding carboxylic acids is 2. The monoisotopic (exact) mass is 438 g/mol. The van der Waals surface area contributed by atoms with Crippen molar-refractivity contribution in [3.8, 4) is 0 Å². The molecule has 0 unspecified atom stereocenters. The Bertz CT molecular complexity index is 964. The van der Waals surface area contributed by atoms with E-state index in [1.807, 2.05) is 44.2 Å². The van der Waals surface area contributed by atoms with E-state index in [0.717, 1.165) is 16.7 Å². The number of allylic oxidation sites excluding steroid dienone is 2. The highest BCUT2D eigenvalue weighted by molar-refractivity contribution is 5.97. The van der Waals surface area contributed by atoms with Crippen LogP contribution in [0, 0.1) is 23.2 Å². The molecule has 1 aromatic rings. The summed E-state index contributed by atoms with van der Waals surface area (Å²) in [5, 5.41) is 0. The van der Waals surface area contributed by atoms with Crippen LogP contribution >= 0.6 is 0 Å². The molecule has 1 saturated heterocycles. The van der Waals surface area contributed by atoms with Crippen LogP contribution in [0.4, 0.5) is 0 Å². The quantitative estimate of drug-likeness (QED) is 0.394. The molecular formula is C26H30O6. The van der Waals surface area contributed by atoms with Gasteiger partial charge in [0.05, 0.1) is 5.92 Å². The summed E-state index contributed by atoms with van der Waals surface area (Å²) in [5.74, 6) is -1.27. The van der Waals surface area contributed by atoms with E-state index >= 15 is 0 Å². The summed E-state index contributed by atoms with van der Waals surface area (Å²) in [6.07, 6.45) is 3.53. The van der Waals surface area contributed by atoms with E-state index < -0.39 is 36.0 Å². The number of ether oxygens (including phenoxy) is 4. The molecule has 1 aromatic carbocycles. The van der Waals surface area contributed by atoms with E-state index in [4.69, 9.17) is 18.9 Å². The summed E-state index contributed by atoms with van der Waals surface area (Å²) in [7, 11) is 3.10. The van der Waals surface area contributed by atoms with E-state index in [9.17, 15) is 9.59 Å². The predicted octanol–water partition coefficient (Wildman–Crippen LogP) is 3.93. The Kier molecular flexibility index (Phi) is 6.21. The minimum atomic E-state index is -0.769. The van der Waals surface area contributed by atoms with Crippen molar-refractivity contribution < 1.29 is 28.5 Å². The van der Waals surface area contributed by atoms with Gasteiger partial charge in [-0.15, -0.1) is 0 Å². The van der Waals surface area contributed by atoms with E-state index in [-0.39, 0.29) is 17.6 Å². The zero-order valence-electron chi connectivity index (χ0n) is 18.9. The molecule has 7 atom stereocenters. The first kappa shape index (κ1) is 22.6. The Hall–Kier alpha value is -2.54. The fraction of sp³-hybridized carbons (Fsp3) is 0.462. The van der Waals surface area contributed by atoms with Crippen molar-refractivity contribution in [1.29, 1.82) is 0 Å². The maximum atomic E-state index is 13.3. The van der Waals surface area contributed by atoms with Gasteiger partial charge in [-0.25, -0.2) is 4.79 Å². The van der Waals surface area contributed by atoms with Gasteiger partial charge in [0.2, 0.25) is 0 Å². The molecule has 6 nitrogen and oxygen atoms in total. The zero-order valence-corrected chi connectivity index (χ0v) is 18.9. The van der Waals surface area contributed by atoms with Crippen LogP contribution in [0.5, 0.6) is 0 Å². The van der Waals surface area contributed by atoms with Crippen LogP contribution in [0.25, 0.3) is 6.08 Å². The molecule has 0 radical (unpaired) electrons. The van der Waals surface area contributed by atoms with Crippen LogP contribution in [0.2, 0.25) is 0 Å². The van der Waals surface area contributed by atoms with Gasteiger partial charge >= 0.3 is 5.97 Å². The van der Waals surface area contributed by atoms with E-state index in [1.54, 1.807) is 19.3 Å². The molecule has 0 spiro atoms. The summed E-state index contributed by atoms with van der Waals surface area (Å²) >= 11 is 0. The van der Waals surface area contributed by atoms with E-state index in [2.05, 4.69) is 6.58 Å². The van der Waals surface area contributed by atoms with Crippen molar-refractivity contribution in [3.63, 3.8) is 0 Å². The third kappa shape index (κ3) is 3.66. The van der Waals surface area contributed by atoms with Gasteiger partial charge in [0, 0.05) is 31.6 Å². The van der Waals surface area contributed by atoms with Crippen LogP contribution in [-0.2, 0) is 28.5 Å². The Labute approximate surface area is 188 Å². The van der Waals surface area contributed by atoms with E-state index in [0.29, 0.717) is 6.42 Å². The van der Waals surface area contributed by atoms with Gasteiger partial charge in [0.15, 0.2) is 18.4 Å². The van der Waals surface area contributed by atoms with Crippen LogP contribution in [0.1, 0.15) is 25.8 Å². The van der Waals surface area contributed by atoms with Crippen LogP contribution in [-0.4, -0.2) is 44.7 Å². The molecule has 6 heteroatoms. The van der Waals surface area contributed by atoms with Gasteiger partial charge in [0.1, 0.15) is 6.10 Å². The molecule has 32 heavy (non-hydrogen) atoms. The summed E-state index contributed by atoms with van der Waals surface area (Å²) in [5.41, 5.74) is 1.72. The van der Waals surface area contributed by atoms with Crippen molar-refractivity contribution in [1.82, 2.24) is 0 Å². The largest absolute Gasteiger partial charge is 0.459 e. The Morgan fingerprint density at radius 3 is 2.59 bits per heavy atom. The SMILES string of the molecule is C=C1[C@@H]2C(=O)C=C3[C@@H](OC)O[C@@H](OC)[C@@H]3[C@@]2(C)[C@H](OC(=O)/C=C/c2ccccc2)C[C@@H]1C.